The molecule has 0 atom stereocenters. The zero-order valence-corrected chi connectivity index (χ0v) is 22.8. The molecule has 198 valence electrons. The molecule has 0 radical (unpaired) electrons. The van der Waals surface area contributed by atoms with Crippen LogP contribution in [0.25, 0.3) is 44.2 Å². The molecule has 4 aromatic carbocycles. The molecule has 2 N–H and O–H groups in total. The number of aromatic amines is 1. The van der Waals surface area contributed by atoms with Gasteiger partial charge in [0.1, 0.15) is 5.65 Å². The minimum Gasteiger partial charge on any atom is -0.385 e. The average molecular weight is 544 g/mol. The lowest BCUT2D eigenvalue weighted by atomic mass is 9.92. The van der Waals surface area contributed by atoms with Gasteiger partial charge in [-0.15, -0.1) is 0 Å². The van der Waals surface area contributed by atoms with E-state index in [1.54, 1.807) is 24.3 Å². The minimum atomic E-state index is -3.47. The highest BCUT2D eigenvalue weighted by molar-refractivity contribution is 7.90. The van der Waals surface area contributed by atoms with E-state index in [9.17, 15) is 8.42 Å². The van der Waals surface area contributed by atoms with E-state index in [0.717, 1.165) is 67.9 Å². The summed E-state index contributed by atoms with van der Waals surface area (Å²) < 4.78 is 26.3. The number of hydrogen-bond donors (Lipinski definition) is 2. The van der Waals surface area contributed by atoms with Crippen LogP contribution in [0.5, 0.6) is 0 Å². The number of benzene rings is 4. The van der Waals surface area contributed by atoms with Crippen molar-refractivity contribution in [2.75, 3.05) is 11.9 Å². The fourth-order valence-corrected chi connectivity index (χ4v) is 6.76. The van der Waals surface area contributed by atoms with E-state index < -0.39 is 9.84 Å². The van der Waals surface area contributed by atoms with Crippen molar-refractivity contribution in [1.82, 2.24) is 9.97 Å². The van der Waals surface area contributed by atoms with Gasteiger partial charge in [-0.05, 0) is 71.8 Å². The van der Waals surface area contributed by atoms with Crippen molar-refractivity contribution in [3.8, 4) is 22.3 Å². The van der Waals surface area contributed by atoms with Gasteiger partial charge in [-0.25, -0.2) is 13.4 Å². The molecule has 2 heterocycles. The first-order valence-electron chi connectivity index (χ1n) is 13.7. The van der Waals surface area contributed by atoms with Crippen LogP contribution in [0.1, 0.15) is 18.4 Å². The van der Waals surface area contributed by atoms with Crippen LogP contribution >= 0.6 is 0 Å². The Kier molecular flexibility index (Phi) is 6.13. The van der Waals surface area contributed by atoms with Gasteiger partial charge < -0.3 is 10.3 Å². The van der Waals surface area contributed by atoms with Gasteiger partial charge in [0.15, 0.2) is 9.84 Å². The van der Waals surface area contributed by atoms with Crippen LogP contribution in [-0.2, 0) is 15.6 Å². The molecule has 0 amide bonds. The molecule has 1 saturated carbocycles. The molecular weight excluding hydrogens is 514 g/mol. The fraction of sp³-hybridized carbons (Fsp3) is 0.147. The molecule has 0 spiro atoms. The third kappa shape index (κ3) is 4.75. The van der Waals surface area contributed by atoms with Crippen molar-refractivity contribution in [3.63, 3.8) is 0 Å². The summed E-state index contributed by atoms with van der Waals surface area (Å²) in [7, 11) is -3.47. The molecule has 1 aliphatic rings. The maximum Gasteiger partial charge on any atom is 0.182 e. The molecule has 0 unspecified atom stereocenters. The van der Waals surface area contributed by atoms with E-state index in [1.165, 1.54) is 12.8 Å². The summed E-state index contributed by atoms with van der Waals surface area (Å²) in [6.07, 6.45) is 4.58. The lowest BCUT2D eigenvalue weighted by molar-refractivity contribution is 0.595. The van der Waals surface area contributed by atoms with Crippen LogP contribution < -0.4 is 5.32 Å². The van der Waals surface area contributed by atoms with Gasteiger partial charge in [-0.3, -0.25) is 0 Å². The van der Waals surface area contributed by atoms with Crippen LogP contribution in [-0.4, -0.2) is 24.9 Å². The summed E-state index contributed by atoms with van der Waals surface area (Å²) >= 11 is 0. The zero-order chi connectivity index (χ0) is 27.1. The number of sulfone groups is 1. The molecule has 1 fully saturated rings. The molecule has 1 aliphatic carbocycles. The van der Waals surface area contributed by atoms with Crippen LogP contribution in [0.15, 0.2) is 114 Å². The lowest BCUT2D eigenvalue weighted by Gasteiger charge is -2.13. The molecule has 40 heavy (non-hydrogen) atoms. The topological polar surface area (TPSA) is 74.8 Å². The maximum atomic E-state index is 13.2. The first-order chi connectivity index (χ1) is 19.5. The summed E-state index contributed by atoms with van der Waals surface area (Å²) in [6, 6.07) is 33.4. The third-order valence-corrected chi connectivity index (χ3v) is 9.40. The Balaban J connectivity index is 1.36. The monoisotopic (exact) mass is 543 g/mol. The van der Waals surface area contributed by atoms with E-state index in [2.05, 4.69) is 46.7 Å². The zero-order valence-electron chi connectivity index (χ0n) is 22.0. The Hall–Kier alpha value is -4.42. The molecular formula is C34H29N3O2S. The van der Waals surface area contributed by atoms with Gasteiger partial charge >= 0.3 is 0 Å². The van der Waals surface area contributed by atoms with Crippen molar-refractivity contribution in [1.29, 1.82) is 0 Å². The first kappa shape index (κ1) is 24.6. The molecule has 7 rings (SSSR count). The number of nitrogens with one attached hydrogen (secondary N) is 2. The minimum absolute atomic E-state index is 0.0667. The standard InChI is InChI=1S/C34H29N3O2S/c38-40(39,28-9-5-2-6-10-28)22-24-13-18-31-29(19-24)33-32(26-7-3-1-4-8-26)30(21-36-34(33)37-31)25-14-16-27(17-15-25)35-20-23-11-12-23/h1-10,13-19,21,23,35H,11-12,20,22H2,(H,36,37). The number of nitrogens with zero attached hydrogens (tertiary/aromatic N) is 1. The number of H-pyrrole nitrogens is 1. The van der Waals surface area contributed by atoms with Gasteiger partial charge in [0.05, 0.1) is 10.6 Å². The van der Waals surface area contributed by atoms with E-state index in [1.807, 2.05) is 48.7 Å². The largest absolute Gasteiger partial charge is 0.385 e. The van der Waals surface area contributed by atoms with Gasteiger partial charge in [0.2, 0.25) is 0 Å². The molecule has 0 saturated heterocycles. The van der Waals surface area contributed by atoms with Gasteiger partial charge in [-0.1, -0.05) is 66.7 Å². The Bertz CT molecular complexity index is 1930. The van der Waals surface area contributed by atoms with E-state index in [4.69, 9.17) is 4.98 Å². The van der Waals surface area contributed by atoms with Gasteiger partial charge in [0, 0.05) is 45.8 Å². The highest BCUT2D eigenvalue weighted by atomic mass is 32.2. The Labute approximate surface area is 233 Å². The second kappa shape index (κ2) is 9.96. The lowest BCUT2D eigenvalue weighted by Crippen LogP contribution is -2.04. The first-order valence-corrected chi connectivity index (χ1v) is 15.3. The highest BCUT2D eigenvalue weighted by Gasteiger charge is 2.21. The SMILES string of the molecule is O=S(=O)(Cc1ccc2[nH]c3ncc(-c4ccc(NCC5CC5)cc4)c(-c4ccccc4)c3c2c1)c1ccccc1. The Morgan fingerprint density at radius 2 is 1.55 bits per heavy atom. The summed E-state index contributed by atoms with van der Waals surface area (Å²) in [5.74, 6) is 0.744. The predicted molar refractivity (Wildman–Crippen MR) is 163 cm³/mol. The number of rotatable bonds is 8. The summed E-state index contributed by atoms with van der Waals surface area (Å²) in [6.45, 7) is 1.03. The summed E-state index contributed by atoms with van der Waals surface area (Å²) in [5, 5.41) is 5.51. The fourth-order valence-electron chi connectivity index (χ4n) is 5.40. The number of fused-ring (bicyclic) bond motifs is 3. The predicted octanol–water partition coefficient (Wildman–Crippen LogP) is 7.85. The van der Waals surface area contributed by atoms with Crippen molar-refractivity contribution in [2.45, 2.75) is 23.5 Å². The number of hydrogen-bond acceptors (Lipinski definition) is 4. The number of anilines is 1. The smallest absolute Gasteiger partial charge is 0.182 e. The van der Waals surface area contributed by atoms with Crippen LogP contribution in [0, 0.1) is 5.92 Å². The van der Waals surface area contributed by atoms with Crippen LogP contribution in [0.4, 0.5) is 5.69 Å². The summed E-state index contributed by atoms with van der Waals surface area (Å²) in [5.41, 5.74) is 7.87. The average Bonchev–Trinajstić information content (AvgIpc) is 3.75. The number of pyridine rings is 1. The third-order valence-electron chi connectivity index (χ3n) is 7.69. The van der Waals surface area contributed by atoms with Crippen LogP contribution in [0.2, 0.25) is 0 Å². The Morgan fingerprint density at radius 3 is 2.27 bits per heavy atom. The Morgan fingerprint density at radius 1 is 0.825 bits per heavy atom. The second-order valence-corrected chi connectivity index (χ2v) is 12.6. The summed E-state index contributed by atoms with van der Waals surface area (Å²) in [4.78, 5) is 8.63. The highest BCUT2D eigenvalue weighted by Crippen LogP contribution is 2.41. The number of aromatic nitrogens is 2. The van der Waals surface area contributed by atoms with Crippen molar-refractivity contribution in [2.24, 2.45) is 5.92 Å². The molecule has 5 nitrogen and oxygen atoms in total. The molecule has 6 heteroatoms. The van der Waals surface area contributed by atoms with E-state index >= 15 is 0 Å². The van der Waals surface area contributed by atoms with Crippen molar-refractivity contribution < 1.29 is 8.42 Å². The van der Waals surface area contributed by atoms with E-state index in [0.29, 0.717) is 4.90 Å². The normalized spacial score (nSPS) is 13.6. The van der Waals surface area contributed by atoms with Crippen molar-refractivity contribution in [3.05, 3.63) is 115 Å². The molecule has 6 aromatic rings. The van der Waals surface area contributed by atoms with Gasteiger partial charge in [0.25, 0.3) is 0 Å². The van der Waals surface area contributed by atoms with Crippen molar-refractivity contribution >= 4 is 37.5 Å². The molecule has 0 bridgehead atoms. The maximum absolute atomic E-state index is 13.2. The quantitative estimate of drug-likeness (QED) is 0.205. The second-order valence-electron chi connectivity index (χ2n) is 10.6. The molecule has 0 aliphatic heterocycles. The van der Waals surface area contributed by atoms with Crippen LogP contribution in [0.3, 0.4) is 0 Å². The van der Waals surface area contributed by atoms with Gasteiger partial charge in [-0.2, -0.15) is 0 Å². The van der Waals surface area contributed by atoms with E-state index in [-0.39, 0.29) is 5.75 Å². The molecule has 2 aromatic heterocycles.